The zero-order valence-electron chi connectivity index (χ0n) is 8.79. The minimum atomic E-state index is 0.249. The van der Waals surface area contributed by atoms with E-state index in [1.165, 1.54) is 11.1 Å². The first-order valence-electron chi connectivity index (χ1n) is 4.91. The van der Waals surface area contributed by atoms with Crippen LogP contribution in [-0.2, 0) is 4.79 Å². The number of hydrogen-bond acceptors (Lipinski definition) is 1. The minimum absolute atomic E-state index is 0.249. The molecular formula is C13H16O. The van der Waals surface area contributed by atoms with Crippen LogP contribution < -0.4 is 0 Å². The van der Waals surface area contributed by atoms with Crippen molar-refractivity contribution in [3.8, 4) is 0 Å². The molecule has 0 saturated carbocycles. The van der Waals surface area contributed by atoms with Crippen molar-refractivity contribution >= 4 is 11.9 Å². The largest absolute Gasteiger partial charge is 0.300 e. The van der Waals surface area contributed by atoms with Crippen molar-refractivity contribution in [2.24, 2.45) is 0 Å². The first-order chi connectivity index (χ1) is 6.68. The van der Waals surface area contributed by atoms with Gasteiger partial charge in [-0.05, 0) is 25.8 Å². The molecule has 0 saturated heterocycles. The summed E-state index contributed by atoms with van der Waals surface area (Å²) < 4.78 is 0. The highest BCUT2D eigenvalue weighted by atomic mass is 16.1. The molecule has 0 unspecified atom stereocenters. The van der Waals surface area contributed by atoms with Gasteiger partial charge in [0, 0.05) is 6.42 Å². The van der Waals surface area contributed by atoms with Crippen molar-refractivity contribution in [1.29, 1.82) is 0 Å². The second-order valence-corrected chi connectivity index (χ2v) is 3.55. The zero-order chi connectivity index (χ0) is 10.4. The van der Waals surface area contributed by atoms with E-state index in [0.29, 0.717) is 6.42 Å². The van der Waals surface area contributed by atoms with Crippen LogP contribution in [0.25, 0.3) is 6.08 Å². The molecule has 0 aromatic heterocycles. The number of aryl methyl sites for hydroxylation is 1. The molecule has 74 valence electrons. The second-order valence-electron chi connectivity index (χ2n) is 3.55. The molecule has 14 heavy (non-hydrogen) atoms. The number of hydrogen-bond donors (Lipinski definition) is 0. The third kappa shape index (κ3) is 4.04. The van der Waals surface area contributed by atoms with Crippen LogP contribution in [0.3, 0.4) is 0 Å². The standard InChI is InChI=1S/C13H16O/c1-11-7-9-13(10-8-11)6-4-3-5-12(2)14/h4,6-10H,3,5H2,1-2H3. The summed E-state index contributed by atoms with van der Waals surface area (Å²) >= 11 is 0. The van der Waals surface area contributed by atoms with Crippen molar-refractivity contribution in [1.82, 2.24) is 0 Å². The van der Waals surface area contributed by atoms with Gasteiger partial charge in [-0.15, -0.1) is 0 Å². The first kappa shape index (κ1) is 10.7. The third-order valence-corrected chi connectivity index (χ3v) is 2.05. The van der Waals surface area contributed by atoms with Gasteiger partial charge in [0.1, 0.15) is 5.78 Å². The van der Waals surface area contributed by atoms with E-state index in [4.69, 9.17) is 0 Å². The minimum Gasteiger partial charge on any atom is -0.300 e. The Bertz CT molecular complexity index is 320. The Labute approximate surface area is 85.5 Å². The molecule has 0 spiro atoms. The van der Waals surface area contributed by atoms with E-state index < -0.39 is 0 Å². The summed E-state index contributed by atoms with van der Waals surface area (Å²) in [6.45, 7) is 3.70. The van der Waals surface area contributed by atoms with E-state index in [2.05, 4.69) is 37.3 Å². The van der Waals surface area contributed by atoms with Crippen molar-refractivity contribution in [2.75, 3.05) is 0 Å². The predicted molar refractivity (Wildman–Crippen MR) is 60.1 cm³/mol. The van der Waals surface area contributed by atoms with Crippen LogP contribution in [0, 0.1) is 6.92 Å². The van der Waals surface area contributed by atoms with E-state index >= 15 is 0 Å². The Balaban J connectivity index is 2.44. The summed E-state index contributed by atoms with van der Waals surface area (Å²) in [5.74, 6) is 0.249. The topological polar surface area (TPSA) is 17.1 Å². The fourth-order valence-corrected chi connectivity index (χ4v) is 1.18. The average molecular weight is 188 g/mol. The van der Waals surface area contributed by atoms with E-state index in [1.54, 1.807) is 6.92 Å². The van der Waals surface area contributed by atoms with Gasteiger partial charge in [0.2, 0.25) is 0 Å². The highest BCUT2D eigenvalue weighted by Gasteiger charge is 1.89. The molecule has 0 amide bonds. The number of ketones is 1. The van der Waals surface area contributed by atoms with Gasteiger partial charge in [-0.2, -0.15) is 0 Å². The smallest absolute Gasteiger partial charge is 0.130 e. The fraction of sp³-hybridized carbons (Fsp3) is 0.308. The number of carbonyl (C=O) groups excluding carboxylic acids is 1. The maximum atomic E-state index is 10.7. The highest BCUT2D eigenvalue weighted by molar-refractivity contribution is 5.75. The van der Waals surface area contributed by atoms with E-state index in [0.717, 1.165) is 6.42 Å². The average Bonchev–Trinajstić information content (AvgIpc) is 2.15. The summed E-state index contributed by atoms with van der Waals surface area (Å²) in [7, 11) is 0. The van der Waals surface area contributed by atoms with Gasteiger partial charge in [-0.25, -0.2) is 0 Å². The van der Waals surface area contributed by atoms with Crippen LogP contribution >= 0.6 is 0 Å². The van der Waals surface area contributed by atoms with Crippen molar-refractivity contribution < 1.29 is 4.79 Å². The third-order valence-electron chi connectivity index (χ3n) is 2.05. The molecule has 0 N–H and O–H groups in total. The van der Waals surface area contributed by atoms with Gasteiger partial charge in [0.05, 0.1) is 0 Å². The van der Waals surface area contributed by atoms with Crippen LogP contribution in [0.15, 0.2) is 30.3 Å². The quantitative estimate of drug-likeness (QED) is 0.708. The molecule has 0 aliphatic heterocycles. The number of carbonyl (C=O) groups is 1. The second kappa shape index (κ2) is 5.38. The molecule has 0 radical (unpaired) electrons. The van der Waals surface area contributed by atoms with Gasteiger partial charge >= 0.3 is 0 Å². The van der Waals surface area contributed by atoms with Gasteiger partial charge in [-0.1, -0.05) is 42.0 Å². The maximum absolute atomic E-state index is 10.7. The molecule has 1 rings (SSSR count). The predicted octanol–water partition coefficient (Wildman–Crippen LogP) is 3.38. The molecule has 0 fully saturated rings. The Morgan fingerprint density at radius 1 is 1.29 bits per heavy atom. The monoisotopic (exact) mass is 188 g/mol. The van der Waals surface area contributed by atoms with Crippen molar-refractivity contribution in [3.05, 3.63) is 41.5 Å². The summed E-state index contributed by atoms with van der Waals surface area (Å²) in [6, 6.07) is 8.34. The van der Waals surface area contributed by atoms with Gasteiger partial charge < -0.3 is 4.79 Å². The lowest BCUT2D eigenvalue weighted by molar-refractivity contribution is -0.116. The van der Waals surface area contributed by atoms with E-state index in [1.807, 2.05) is 6.08 Å². The van der Waals surface area contributed by atoms with Crippen LogP contribution in [0.5, 0.6) is 0 Å². The molecule has 0 aliphatic rings. The molecule has 0 heterocycles. The van der Waals surface area contributed by atoms with Crippen molar-refractivity contribution in [3.63, 3.8) is 0 Å². The summed E-state index contributed by atoms with van der Waals surface area (Å²) in [6.07, 6.45) is 5.58. The maximum Gasteiger partial charge on any atom is 0.130 e. The highest BCUT2D eigenvalue weighted by Crippen LogP contribution is 2.06. The number of rotatable bonds is 4. The lowest BCUT2D eigenvalue weighted by Crippen LogP contribution is -1.86. The molecule has 1 aromatic rings. The van der Waals surface area contributed by atoms with Crippen LogP contribution in [-0.4, -0.2) is 5.78 Å². The number of allylic oxidation sites excluding steroid dienone is 1. The van der Waals surface area contributed by atoms with Crippen molar-refractivity contribution in [2.45, 2.75) is 26.7 Å². The lowest BCUT2D eigenvalue weighted by atomic mass is 10.1. The molecule has 1 heteroatoms. The Morgan fingerprint density at radius 2 is 1.93 bits per heavy atom. The van der Waals surface area contributed by atoms with Gasteiger partial charge in [-0.3, -0.25) is 0 Å². The molecule has 1 nitrogen and oxygen atoms in total. The zero-order valence-corrected chi connectivity index (χ0v) is 8.79. The van der Waals surface area contributed by atoms with E-state index in [9.17, 15) is 4.79 Å². The van der Waals surface area contributed by atoms with Crippen LogP contribution in [0.2, 0.25) is 0 Å². The molecule has 0 bridgehead atoms. The molecule has 0 aliphatic carbocycles. The Hall–Kier alpha value is -1.37. The summed E-state index contributed by atoms with van der Waals surface area (Å²) in [5.41, 5.74) is 2.46. The van der Waals surface area contributed by atoms with Crippen LogP contribution in [0.4, 0.5) is 0 Å². The first-order valence-corrected chi connectivity index (χ1v) is 4.91. The molecular weight excluding hydrogens is 172 g/mol. The fourth-order valence-electron chi connectivity index (χ4n) is 1.18. The molecule has 0 atom stereocenters. The van der Waals surface area contributed by atoms with E-state index in [-0.39, 0.29) is 5.78 Å². The Kier molecular flexibility index (Phi) is 4.11. The molecule has 1 aromatic carbocycles. The SMILES string of the molecule is CC(=O)CCC=Cc1ccc(C)cc1. The Morgan fingerprint density at radius 3 is 2.50 bits per heavy atom. The number of benzene rings is 1. The van der Waals surface area contributed by atoms with Gasteiger partial charge in [0.25, 0.3) is 0 Å². The van der Waals surface area contributed by atoms with Crippen LogP contribution in [0.1, 0.15) is 30.9 Å². The summed E-state index contributed by atoms with van der Waals surface area (Å²) in [5, 5.41) is 0. The normalized spacial score (nSPS) is 10.7. The number of Topliss-reactive ketones (excluding diaryl/α,β-unsaturated/α-hetero) is 1. The van der Waals surface area contributed by atoms with Gasteiger partial charge in [0.15, 0.2) is 0 Å². The summed E-state index contributed by atoms with van der Waals surface area (Å²) in [4.78, 5) is 10.7. The lowest BCUT2D eigenvalue weighted by Gasteiger charge is -1.94.